The molecule has 1 aliphatic carbocycles. The van der Waals surface area contributed by atoms with Crippen molar-refractivity contribution in [2.75, 3.05) is 20.3 Å². The Labute approximate surface area is 175 Å². The van der Waals surface area contributed by atoms with Crippen LogP contribution in [0.4, 0.5) is 0 Å². The minimum atomic E-state index is -1.18. The Morgan fingerprint density at radius 1 is 1.10 bits per heavy atom. The highest BCUT2D eigenvalue weighted by atomic mass is 16.7. The van der Waals surface area contributed by atoms with Crippen molar-refractivity contribution < 1.29 is 38.2 Å². The zero-order valence-electron chi connectivity index (χ0n) is 17.9. The van der Waals surface area contributed by atoms with Crippen LogP contribution in [0.5, 0.6) is 0 Å². The first kappa shape index (κ1) is 22.3. The van der Waals surface area contributed by atoms with Gasteiger partial charge in [-0.3, -0.25) is 14.4 Å². The van der Waals surface area contributed by atoms with Gasteiger partial charge in [-0.05, 0) is 40.0 Å². The summed E-state index contributed by atoms with van der Waals surface area (Å²) in [5, 5.41) is 1.52. The fraction of sp³-hybridized carbons (Fsp3) is 0.714. The summed E-state index contributed by atoms with van der Waals surface area (Å²) in [4.78, 5) is 56.8. The Morgan fingerprint density at radius 2 is 1.77 bits per heavy atom. The predicted molar refractivity (Wildman–Crippen MR) is 103 cm³/mol. The Kier molecular flexibility index (Phi) is 6.21. The lowest BCUT2D eigenvalue weighted by atomic mass is 9.58. The number of hydroxylamine groups is 2. The van der Waals surface area contributed by atoms with E-state index in [1.807, 2.05) is 0 Å². The van der Waals surface area contributed by atoms with Crippen molar-refractivity contribution >= 4 is 23.7 Å². The van der Waals surface area contributed by atoms with E-state index in [0.717, 1.165) is 12.8 Å². The average molecular weight is 423 g/mol. The van der Waals surface area contributed by atoms with E-state index in [2.05, 4.69) is 0 Å². The molecule has 0 radical (unpaired) electrons. The van der Waals surface area contributed by atoms with E-state index >= 15 is 0 Å². The largest absolute Gasteiger partial charge is 0.466 e. The van der Waals surface area contributed by atoms with Crippen LogP contribution in [0.15, 0.2) is 11.3 Å². The Balaban J connectivity index is 2.19. The molecule has 1 saturated heterocycles. The molecule has 0 aromatic heterocycles. The fourth-order valence-electron chi connectivity index (χ4n) is 5.48. The molecule has 0 aromatic carbocycles. The molecule has 1 spiro atoms. The van der Waals surface area contributed by atoms with Gasteiger partial charge >= 0.3 is 17.9 Å². The van der Waals surface area contributed by atoms with Gasteiger partial charge < -0.3 is 19.0 Å². The summed E-state index contributed by atoms with van der Waals surface area (Å²) in [7, 11) is 1.20. The van der Waals surface area contributed by atoms with Crippen molar-refractivity contribution in [3.8, 4) is 0 Å². The van der Waals surface area contributed by atoms with Crippen molar-refractivity contribution in [1.29, 1.82) is 0 Å². The first-order valence-electron chi connectivity index (χ1n) is 10.4. The quantitative estimate of drug-likeness (QED) is 0.447. The Bertz CT molecular complexity index is 790. The summed E-state index contributed by atoms with van der Waals surface area (Å²) < 4.78 is 15.4. The number of methoxy groups -OCH3 is 1. The number of hydrogen-bond donors (Lipinski definition) is 0. The fourth-order valence-corrected chi connectivity index (χ4v) is 5.48. The number of ether oxygens (including phenoxy) is 3. The van der Waals surface area contributed by atoms with Crippen LogP contribution in [0, 0.1) is 5.41 Å². The van der Waals surface area contributed by atoms with Crippen LogP contribution < -0.4 is 0 Å². The second kappa shape index (κ2) is 8.37. The lowest BCUT2D eigenvalue weighted by Crippen LogP contribution is -2.59. The molecule has 0 aromatic rings. The summed E-state index contributed by atoms with van der Waals surface area (Å²) in [6, 6.07) is -0.553. The van der Waals surface area contributed by atoms with E-state index in [0.29, 0.717) is 12.8 Å². The van der Waals surface area contributed by atoms with Gasteiger partial charge in [0.05, 0.1) is 43.8 Å². The second-order valence-corrected chi connectivity index (χ2v) is 7.91. The molecule has 0 amide bonds. The van der Waals surface area contributed by atoms with Crippen molar-refractivity contribution in [3.63, 3.8) is 0 Å². The van der Waals surface area contributed by atoms with Crippen molar-refractivity contribution in [2.45, 2.75) is 70.9 Å². The molecule has 0 unspecified atom stereocenters. The topological polar surface area (TPSA) is 108 Å². The van der Waals surface area contributed by atoms with Gasteiger partial charge in [0.25, 0.3) is 0 Å². The molecule has 30 heavy (non-hydrogen) atoms. The van der Waals surface area contributed by atoms with E-state index in [4.69, 9.17) is 19.0 Å². The standard InChI is InChI=1S/C21H29NO8/c1-5-28-15(24)11-14-12-20(19(26)29-6-2)9-7-8-10-21(20)16(13(3)23)17(18(25)27-4)30-22(14)21/h14H,5-12H2,1-4H3/t14-,20-,21-/m0/s1. The number of carbonyl (C=O) groups excluding carboxylic acids is 4. The van der Waals surface area contributed by atoms with Crippen LogP contribution in [0.2, 0.25) is 0 Å². The molecule has 166 valence electrons. The lowest BCUT2D eigenvalue weighted by Gasteiger charge is -2.47. The van der Waals surface area contributed by atoms with E-state index in [1.165, 1.54) is 19.1 Å². The van der Waals surface area contributed by atoms with Crippen LogP contribution in [0.25, 0.3) is 0 Å². The first-order valence-corrected chi connectivity index (χ1v) is 10.4. The Morgan fingerprint density at radius 3 is 2.37 bits per heavy atom. The average Bonchev–Trinajstić information content (AvgIpc) is 3.17. The highest BCUT2D eigenvalue weighted by Crippen LogP contribution is 2.64. The van der Waals surface area contributed by atoms with Gasteiger partial charge in [0, 0.05) is 0 Å². The zero-order valence-corrected chi connectivity index (χ0v) is 17.9. The van der Waals surface area contributed by atoms with Gasteiger partial charge in [-0.25, -0.2) is 4.79 Å². The van der Waals surface area contributed by atoms with Gasteiger partial charge in [-0.2, -0.15) is 0 Å². The van der Waals surface area contributed by atoms with Crippen LogP contribution in [-0.2, 0) is 38.2 Å². The maximum atomic E-state index is 13.3. The number of hydrogen-bond acceptors (Lipinski definition) is 9. The van der Waals surface area contributed by atoms with Gasteiger partial charge in [0.1, 0.15) is 5.54 Å². The van der Waals surface area contributed by atoms with Crippen LogP contribution in [0.1, 0.15) is 59.3 Å². The van der Waals surface area contributed by atoms with Crippen LogP contribution >= 0.6 is 0 Å². The highest BCUT2D eigenvalue weighted by Gasteiger charge is 2.74. The molecule has 3 aliphatic rings. The Hall–Kier alpha value is -2.42. The number of Topliss-reactive ketones (excluding diaryl/α,β-unsaturated/α-hetero) is 1. The number of carbonyl (C=O) groups is 4. The summed E-state index contributed by atoms with van der Waals surface area (Å²) in [6.07, 6.45) is 2.64. The van der Waals surface area contributed by atoms with Gasteiger partial charge in [0.2, 0.25) is 5.76 Å². The highest BCUT2D eigenvalue weighted by molar-refractivity contribution is 6.05. The zero-order chi connectivity index (χ0) is 22.1. The molecule has 2 fully saturated rings. The number of ketones is 1. The predicted octanol–water partition coefficient (Wildman–Crippen LogP) is 1.84. The van der Waals surface area contributed by atoms with E-state index < -0.39 is 34.9 Å². The van der Waals surface area contributed by atoms with Gasteiger partial charge in [0.15, 0.2) is 5.78 Å². The molecular weight excluding hydrogens is 394 g/mol. The minimum absolute atomic E-state index is 0.0314. The number of esters is 3. The van der Waals surface area contributed by atoms with Gasteiger partial charge in [-0.1, -0.05) is 12.8 Å². The molecule has 0 bridgehead atoms. The smallest absolute Gasteiger partial charge is 0.376 e. The number of rotatable bonds is 7. The van der Waals surface area contributed by atoms with Gasteiger partial charge in [-0.15, -0.1) is 5.06 Å². The van der Waals surface area contributed by atoms with E-state index in [9.17, 15) is 19.2 Å². The molecule has 2 aliphatic heterocycles. The molecule has 3 rings (SSSR count). The summed E-state index contributed by atoms with van der Waals surface area (Å²) >= 11 is 0. The lowest BCUT2D eigenvalue weighted by molar-refractivity contribution is -0.198. The monoisotopic (exact) mass is 423 g/mol. The molecule has 2 heterocycles. The van der Waals surface area contributed by atoms with Crippen molar-refractivity contribution in [1.82, 2.24) is 5.06 Å². The molecule has 1 saturated carbocycles. The SMILES string of the molecule is CCOC(=O)C[C@H]1C[C@]2(C(=O)OCC)CCCC[C@]23C(C(C)=O)=C(C(=O)OC)ON13. The van der Waals surface area contributed by atoms with Crippen LogP contribution in [-0.4, -0.2) is 60.7 Å². The number of nitrogens with zero attached hydrogens (tertiary/aromatic N) is 1. The molecule has 0 N–H and O–H groups in total. The van der Waals surface area contributed by atoms with Crippen LogP contribution in [0.3, 0.4) is 0 Å². The van der Waals surface area contributed by atoms with E-state index in [1.54, 1.807) is 13.8 Å². The minimum Gasteiger partial charge on any atom is -0.466 e. The third-order valence-corrected chi connectivity index (χ3v) is 6.40. The molecule has 3 atom stereocenters. The third kappa shape index (κ3) is 3.10. The molecule has 9 heteroatoms. The first-order chi connectivity index (χ1) is 14.3. The normalized spacial score (nSPS) is 30.2. The summed E-state index contributed by atoms with van der Waals surface area (Å²) in [5.74, 6) is -2.24. The van der Waals surface area contributed by atoms with E-state index in [-0.39, 0.29) is 43.2 Å². The second-order valence-electron chi connectivity index (χ2n) is 7.91. The van der Waals surface area contributed by atoms with Crippen molar-refractivity contribution in [3.05, 3.63) is 11.3 Å². The summed E-state index contributed by atoms with van der Waals surface area (Å²) in [6.45, 7) is 5.20. The molecule has 9 nitrogen and oxygen atoms in total. The summed E-state index contributed by atoms with van der Waals surface area (Å²) in [5.41, 5.74) is -2.15. The molecular formula is C21H29NO8. The maximum Gasteiger partial charge on any atom is 0.376 e. The maximum absolute atomic E-state index is 13.3. The third-order valence-electron chi connectivity index (χ3n) is 6.40. The van der Waals surface area contributed by atoms with Crippen molar-refractivity contribution in [2.24, 2.45) is 5.41 Å².